The third-order valence-corrected chi connectivity index (χ3v) is 5.98. The first kappa shape index (κ1) is 25.6. The van der Waals surface area contributed by atoms with Crippen LogP contribution in [0.4, 0.5) is 0 Å². The molecule has 0 saturated carbocycles. The van der Waals surface area contributed by atoms with Gasteiger partial charge in [0.1, 0.15) is 17.3 Å². The summed E-state index contributed by atoms with van der Waals surface area (Å²) < 4.78 is 11.0. The molecule has 8 heteroatoms. The van der Waals surface area contributed by atoms with Gasteiger partial charge in [0.2, 0.25) is 0 Å². The fraction of sp³-hybridized carbons (Fsp3) is 0.385. The number of ether oxygens (including phenoxy) is 2. The van der Waals surface area contributed by atoms with E-state index in [4.69, 9.17) is 21.1 Å². The topological polar surface area (TPSA) is 79.3 Å². The molecule has 0 spiro atoms. The van der Waals surface area contributed by atoms with E-state index in [1.54, 1.807) is 24.3 Å². The van der Waals surface area contributed by atoms with Crippen LogP contribution in [-0.4, -0.2) is 67.5 Å². The van der Waals surface area contributed by atoms with Crippen LogP contribution in [0.5, 0.6) is 11.5 Å². The minimum absolute atomic E-state index is 0.0129. The molecule has 7 nitrogen and oxygen atoms in total. The molecule has 1 heterocycles. The number of amides is 1. The fourth-order valence-corrected chi connectivity index (χ4v) is 4.54. The van der Waals surface area contributed by atoms with E-state index in [1.165, 1.54) is 12.0 Å². The predicted octanol–water partition coefficient (Wildman–Crippen LogP) is 4.43. The van der Waals surface area contributed by atoms with Crippen molar-refractivity contribution in [2.45, 2.75) is 26.3 Å². The molecule has 1 unspecified atom stereocenters. The summed E-state index contributed by atoms with van der Waals surface area (Å²) in [5, 5.41) is 11.7. The number of aryl methyl sites for hydroxylation is 1. The lowest BCUT2D eigenvalue weighted by Gasteiger charge is -2.26. The van der Waals surface area contributed by atoms with Crippen LogP contribution in [0.25, 0.3) is 5.76 Å². The number of carbonyl (C=O) groups is 2. The number of carbonyl (C=O) groups excluding carboxylic acids is 2. The molecule has 1 fully saturated rings. The van der Waals surface area contributed by atoms with Gasteiger partial charge in [-0.2, -0.15) is 0 Å². The van der Waals surface area contributed by atoms with Crippen LogP contribution in [0, 0.1) is 6.92 Å². The zero-order valence-electron chi connectivity index (χ0n) is 20.2. The van der Waals surface area contributed by atoms with Gasteiger partial charge in [-0.3, -0.25) is 9.59 Å². The van der Waals surface area contributed by atoms with Crippen LogP contribution in [0.2, 0.25) is 5.02 Å². The van der Waals surface area contributed by atoms with Crippen molar-refractivity contribution in [1.29, 1.82) is 0 Å². The number of likely N-dealkylation sites (tertiary alicyclic amines) is 1. The van der Waals surface area contributed by atoms with E-state index < -0.39 is 17.7 Å². The molecule has 1 aliphatic heterocycles. The number of benzene rings is 2. The average Bonchev–Trinajstić information content (AvgIpc) is 3.03. The Kier molecular flexibility index (Phi) is 8.23. The van der Waals surface area contributed by atoms with Crippen molar-refractivity contribution in [2.75, 3.05) is 40.9 Å². The summed E-state index contributed by atoms with van der Waals surface area (Å²) >= 11 is 6.34. The van der Waals surface area contributed by atoms with Gasteiger partial charge in [0.05, 0.1) is 35.9 Å². The number of nitrogens with zero attached hydrogens (tertiary/aromatic N) is 2. The first-order valence-electron chi connectivity index (χ1n) is 11.2. The number of halogens is 1. The van der Waals surface area contributed by atoms with Crippen molar-refractivity contribution in [3.05, 3.63) is 63.7 Å². The van der Waals surface area contributed by atoms with Gasteiger partial charge in [0, 0.05) is 6.54 Å². The van der Waals surface area contributed by atoms with Gasteiger partial charge in [-0.05, 0) is 76.3 Å². The quantitative estimate of drug-likeness (QED) is 0.321. The van der Waals surface area contributed by atoms with E-state index >= 15 is 0 Å². The summed E-state index contributed by atoms with van der Waals surface area (Å²) in [5.41, 5.74) is 1.77. The molecule has 182 valence electrons. The molecule has 1 aliphatic rings. The molecule has 1 amide bonds. The standard InChI is InChI=1S/C26H31ClN2O5/c1-6-34-18-10-8-17(9-11-18)22-21(24(31)26(32)29(22)13-7-12-28(3)4)23(30)19-14-16(2)15-20(27)25(19)33-5/h8-11,14-15,22,30H,6-7,12-13H2,1-5H3/b23-21+. The summed E-state index contributed by atoms with van der Waals surface area (Å²) in [6.07, 6.45) is 0.674. The van der Waals surface area contributed by atoms with E-state index in [9.17, 15) is 14.7 Å². The summed E-state index contributed by atoms with van der Waals surface area (Å²) in [4.78, 5) is 29.9. The molecule has 34 heavy (non-hydrogen) atoms. The molecule has 0 aromatic heterocycles. The molecule has 0 bridgehead atoms. The van der Waals surface area contributed by atoms with Gasteiger partial charge in [-0.1, -0.05) is 23.7 Å². The molecule has 1 atom stereocenters. The highest BCUT2D eigenvalue weighted by atomic mass is 35.5. The molecule has 1 saturated heterocycles. The summed E-state index contributed by atoms with van der Waals surface area (Å²) in [5.74, 6) is -0.760. The van der Waals surface area contributed by atoms with Gasteiger partial charge in [0.15, 0.2) is 0 Å². The SMILES string of the molecule is CCOc1ccc(C2/C(=C(\O)c3cc(C)cc(Cl)c3OC)C(=O)C(=O)N2CCCN(C)C)cc1. The predicted molar refractivity (Wildman–Crippen MR) is 133 cm³/mol. The fourth-order valence-electron chi connectivity index (χ4n) is 4.18. The Balaban J connectivity index is 2.16. The van der Waals surface area contributed by atoms with Crippen molar-refractivity contribution in [3.8, 4) is 11.5 Å². The maximum absolute atomic E-state index is 13.2. The monoisotopic (exact) mass is 486 g/mol. The highest BCUT2D eigenvalue weighted by Gasteiger charge is 2.46. The van der Waals surface area contributed by atoms with E-state index in [1.807, 2.05) is 45.0 Å². The van der Waals surface area contributed by atoms with Crippen LogP contribution < -0.4 is 9.47 Å². The van der Waals surface area contributed by atoms with E-state index in [2.05, 4.69) is 0 Å². The minimum atomic E-state index is -0.748. The number of Topliss-reactive ketones (excluding diaryl/α,β-unsaturated/α-hetero) is 1. The molecule has 0 radical (unpaired) electrons. The number of methoxy groups -OCH3 is 1. The lowest BCUT2D eigenvalue weighted by molar-refractivity contribution is -0.139. The summed E-state index contributed by atoms with van der Waals surface area (Å²) in [6.45, 7) is 5.36. The van der Waals surface area contributed by atoms with E-state index in [0.29, 0.717) is 35.9 Å². The Labute approximate surface area is 205 Å². The maximum atomic E-state index is 13.2. The first-order chi connectivity index (χ1) is 16.2. The number of aliphatic hydroxyl groups excluding tert-OH is 1. The van der Waals surface area contributed by atoms with Crippen molar-refractivity contribution in [3.63, 3.8) is 0 Å². The Hall–Kier alpha value is -3.03. The van der Waals surface area contributed by atoms with Crippen LogP contribution in [0.15, 0.2) is 42.0 Å². The van der Waals surface area contributed by atoms with Gasteiger partial charge in [0.25, 0.3) is 11.7 Å². The molecular formula is C26H31ClN2O5. The molecular weight excluding hydrogens is 456 g/mol. The van der Waals surface area contributed by atoms with Gasteiger partial charge >= 0.3 is 0 Å². The minimum Gasteiger partial charge on any atom is -0.507 e. The van der Waals surface area contributed by atoms with Crippen LogP contribution in [-0.2, 0) is 9.59 Å². The molecule has 3 rings (SSSR count). The normalized spacial score (nSPS) is 17.5. The van der Waals surface area contributed by atoms with Gasteiger partial charge < -0.3 is 24.4 Å². The Morgan fingerprint density at radius 1 is 1.18 bits per heavy atom. The Bertz CT molecular complexity index is 1100. The van der Waals surface area contributed by atoms with Crippen LogP contribution in [0.3, 0.4) is 0 Å². The average molecular weight is 487 g/mol. The lowest BCUT2D eigenvalue weighted by Crippen LogP contribution is -2.32. The second-order valence-corrected chi connectivity index (χ2v) is 8.89. The number of rotatable bonds is 9. The number of hydrogen-bond acceptors (Lipinski definition) is 6. The van der Waals surface area contributed by atoms with E-state index in [-0.39, 0.29) is 22.6 Å². The summed E-state index contributed by atoms with van der Waals surface area (Å²) in [6, 6.07) is 9.87. The zero-order valence-corrected chi connectivity index (χ0v) is 21.0. The third kappa shape index (κ3) is 5.21. The van der Waals surface area contributed by atoms with Crippen molar-refractivity contribution < 1.29 is 24.2 Å². The first-order valence-corrected chi connectivity index (χ1v) is 11.6. The molecule has 0 aliphatic carbocycles. The van der Waals surface area contributed by atoms with E-state index in [0.717, 1.165) is 12.1 Å². The molecule has 2 aromatic carbocycles. The van der Waals surface area contributed by atoms with Crippen LogP contribution in [0.1, 0.15) is 36.1 Å². The second-order valence-electron chi connectivity index (χ2n) is 8.48. The second kappa shape index (κ2) is 10.9. The lowest BCUT2D eigenvalue weighted by atomic mass is 9.94. The maximum Gasteiger partial charge on any atom is 0.295 e. The molecule has 2 aromatic rings. The highest BCUT2D eigenvalue weighted by molar-refractivity contribution is 6.46. The van der Waals surface area contributed by atoms with Gasteiger partial charge in [-0.15, -0.1) is 0 Å². The smallest absolute Gasteiger partial charge is 0.295 e. The molecule has 1 N–H and O–H groups in total. The van der Waals surface area contributed by atoms with Crippen molar-refractivity contribution in [1.82, 2.24) is 9.80 Å². The number of hydrogen-bond donors (Lipinski definition) is 1. The Morgan fingerprint density at radius 3 is 2.44 bits per heavy atom. The van der Waals surface area contributed by atoms with Crippen LogP contribution >= 0.6 is 11.6 Å². The highest BCUT2D eigenvalue weighted by Crippen LogP contribution is 2.43. The summed E-state index contributed by atoms with van der Waals surface area (Å²) in [7, 11) is 5.34. The number of ketones is 1. The zero-order chi connectivity index (χ0) is 25.0. The largest absolute Gasteiger partial charge is 0.507 e. The third-order valence-electron chi connectivity index (χ3n) is 5.70. The number of aliphatic hydroxyl groups is 1. The Morgan fingerprint density at radius 2 is 1.85 bits per heavy atom. The van der Waals surface area contributed by atoms with Gasteiger partial charge in [-0.25, -0.2) is 0 Å². The van der Waals surface area contributed by atoms with Crippen molar-refractivity contribution >= 4 is 29.1 Å². The van der Waals surface area contributed by atoms with Crippen molar-refractivity contribution in [2.24, 2.45) is 0 Å².